The van der Waals surface area contributed by atoms with E-state index in [0.29, 0.717) is 19.1 Å². The lowest BCUT2D eigenvalue weighted by Crippen LogP contribution is -2.37. The third-order valence-corrected chi connectivity index (χ3v) is 5.54. The Kier molecular flexibility index (Phi) is 11.1. The van der Waals surface area contributed by atoms with Gasteiger partial charge in [0, 0.05) is 46.6 Å². The number of nitrogens with one attached hydrogen (secondary N) is 2. The number of rotatable bonds is 12. The van der Waals surface area contributed by atoms with E-state index in [1.807, 2.05) is 18.2 Å². The summed E-state index contributed by atoms with van der Waals surface area (Å²) in [6.07, 6.45) is 3.20. The first kappa shape index (κ1) is 24.2. The van der Waals surface area contributed by atoms with Crippen LogP contribution in [0.3, 0.4) is 0 Å². The molecule has 0 aromatic heterocycles. The van der Waals surface area contributed by atoms with Crippen molar-refractivity contribution < 1.29 is 14.2 Å². The number of ether oxygens (including phenoxy) is 3. The lowest BCUT2D eigenvalue weighted by molar-refractivity contribution is 0.0203. The monoisotopic (exact) mass is 439 g/mol. The Hall–Kier alpha value is -2.41. The van der Waals surface area contributed by atoms with E-state index in [1.165, 1.54) is 16.7 Å². The molecule has 6 nitrogen and oxygen atoms in total. The summed E-state index contributed by atoms with van der Waals surface area (Å²) in [5, 5.41) is 6.72. The van der Waals surface area contributed by atoms with Gasteiger partial charge in [-0.2, -0.15) is 0 Å². The number of nitrogens with zero attached hydrogens (tertiary/aromatic N) is 1. The maximum atomic E-state index is 5.82. The van der Waals surface area contributed by atoms with Crippen LogP contribution in [0.15, 0.2) is 59.6 Å². The van der Waals surface area contributed by atoms with Gasteiger partial charge in [-0.05, 0) is 41.9 Å². The number of aliphatic imine (C=N–C) groups is 1. The van der Waals surface area contributed by atoms with Gasteiger partial charge in [-0.1, -0.05) is 54.6 Å². The van der Waals surface area contributed by atoms with Crippen molar-refractivity contribution in [1.29, 1.82) is 0 Å². The number of guanidine groups is 1. The average Bonchev–Trinajstić information content (AvgIpc) is 2.85. The van der Waals surface area contributed by atoms with Crippen LogP contribution >= 0.6 is 0 Å². The summed E-state index contributed by atoms with van der Waals surface area (Å²) in [7, 11) is 1.80. The fourth-order valence-corrected chi connectivity index (χ4v) is 3.56. The van der Waals surface area contributed by atoms with Crippen LogP contribution in [-0.4, -0.2) is 46.0 Å². The first-order valence-corrected chi connectivity index (χ1v) is 11.6. The summed E-state index contributed by atoms with van der Waals surface area (Å²) in [6, 6.07) is 18.7. The number of hydrogen-bond acceptors (Lipinski definition) is 4. The van der Waals surface area contributed by atoms with E-state index in [0.717, 1.165) is 64.7 Å². The molecule has 1 aliphatic rings. The molecule has 0 spiro atoms. The first-order valence-electron chi connectivity index (χ1n) is 11.6. The van der Waals surface area contributed by atoms with Crippen molar-refractivity contribution in [2.45, 2.75) is 39.0 Å². The van der Waals surface area contributed by atoms with Gasteiger partial charge in [0.25, 0.3) is 0 Å². The van der Waals surface area contributed by atoms with Crippen molar-refractivity contribution in [3.8, 4) is 0 Å². The smallest absolute Gasteiger partial charge is 0.191 e. The van der Waals surface area contributed by atoms with Gasteiger partial charge >= 0.3 is 0 Å². The van der Waals surface area contributed by atoms with Crippen molar-refractivity contribution in [1.82, 2.24) is 10.6 Å². The van der Waals surface area contributed by atoms with Crippen molar-refractivity contribution in [2.75, 3.05) is 40.0 Å². The van der Waals surface area contributed by atoms with Crippen LogP contribution in [0.4, 0.5) is 0 Å². The van der Waals surface area contributed by atoms with Crippen molar-refractivity contribution >= 4 is 5.96 Å². The molecule has 2 N–H and O–H groups in total. The van der Waals surface area contributed by atoms with Gasteiger partial charge < -0.3 is 24.8 Å². The molecule has 1 fully saturated rings. The summed E-state index contributed by atoms with van der Waals surface area (Å²) in [5.41, 5.74) is 3.57. The highest BCUT2D eigenvalue weighted by atomic mass is 16.5. The molecule has 0 radical (unpaired) electrons. The molecule has 0 saturated carbocycles. The highest BCUT2D eigenvalue weighted by Gasteiger charge is 2.13. The highest BCUT2D eigenvalue weighted by Crippen LogP contribution is 2.14. The first-order chi connectivity index (χ1) is 15.8. The molecule has 2 aromatic carbocycles. The Balaban J connectivity index is 1.25. The average molecular weight is 440 g/mol. The van der Waals surface area contributed by atoms with E-state index in [1.54, 1.807) is 7.05 Å². The minimum absolute atomic E-state index is 0.614. The Labute approximate surface area is 192 Å². The van der Waals surface area contributed by atoms with Crippen LogP contribution in [0.2, 0.25) is 0 Å². The molecule has 2 aromatic rings. The normalized spacial score (nSPS) is 15.0. The lowest BCUT2D eigenvalue weighted by Gasteiger charge is -2.21. The van der Waals surface area contributed by atoms with Crippen LogP contribution < -0.4 is 10.6 Å². The third-order valence-electron chi connectivity index (χ3n) is 5.54. The molecule has 1 heterocycles. The fraction of sp³-hybridized carbons (Fsp3) is 0.500. The Morgan fingerprint density at radius 3 is 2.31 bits per heavy atom. The van der Waals surface area contributed by atoms with Crippen LogP contribution in [0.25, 0.3) is 0 Å². The summed E-state index contributed by atoms with van der Waals surface area (Å²) in [5.74, 6) is 1.47. The van der Waals surface area contributed by atoms with Gasteiger partial charge in [0.15, 0.2) is 5.96 Å². The predicted molar refractivity (Wildman–Crippen MR) is 129 cm³/mol. The van der Waals surface area contributed by atoms with Crippen molar-refractivity contribution in [2.24, 2.45) is 10.9 Å². The summed E-state index contributed by atoms with van der Waals surface area (Å²) in [6.45, 7) is 6.19. The molecule has 174 valence electrons. The van der Waals surface area contributed by atoms with E-state index < -0.39 is 0 Å². The van der Waals surface area contributed by atoms with E-state index in [2.05, 4.69) is 52.0 Å². The molecule has 1 aliphatic heterocycles. The molecule has 3 rings (SSSR count). The van der Waals surface area contributed by atoms with Crippen molar-refractivity contribution in [3.05, 3.63) is 71.3 Å². The SMILES string of the molecule is CN=C(NCCCOCC1CCOCC1)NCc1ccc(COCc2ccccc2)cc1. The predicted octanol–water partition coefficient (Wildman–Crippen LogP) is 3.90. The highest BCUT2D eigenvalue weighted by molar-refractivity contribution is 5.79. The Morgan fingerprint density at radius 2 is 1.59 bits per heavy atom. The van der Waals surface area contributed by atoms with Crippen LogP contribution in [0.1, 0.15) is 36.0 Å². The van der Waals surface area contributed by atoms with Gasteiger partial charge in [0.2, 0.25) is 0 Å². The van der Waals surface area contributed by atoms with Gasteiger partial charge in [-0.15, -0.1) is 0 Å². The zero-order valence-electron chi connectivity index (χ0n) is 19.2. The van der Waals surface area contributed by atoms with E-state index >= 15 is 0 Å². The minimum Gasteiger partial charge on any atom is -0.381 e. The second kappa shape index (κ2) is 14.6. The quantitative estimate of drug-likeness (QED) is 0.298. The third kappa shape index (κ3) is 9.39. The van der Waals surface area contributed by atoms with Gasteiger partial charge in [0.1, 0.15) is 0 Å². The molecule has 6 heteroatoms. The van der Waals surface area contributed by atoms with Crippen LogP contribution in [-0.2, 0) is 34.0 Å². The molecule has 1 saturated heterocycles. The number of hydrogen-bond donors (Lipinski definition) is 2. The summed E-state index contributed by atoms with van der Waals surface area (Å²) < 4.78 is 17.0. The molecule has 0 amide bonds. The topological polar surface area (TPSA) is 64.1 Å². The van der Waals surface area contributed by atoms with E-state index in [4.69, 9.17) is 14.2 Å². The lowest BCUT2D eigenvalue weighted by atomic mass is 10.0. The second-order valence-corrected chi connectivity index (χ2v) is 8.13. The Morgan fingerprint density at radius 1 is 0.906 bits per heavy atom. The number of benzene rings is 2. The van der Waals surface area contributed by atoms with Crippen LogP contribution in [0, 0.1) is 5.92 Å². The summed E-state index contributed by atoms with van der Waals surface area (Å²) >= 11 is 0. The largest absolute Gasteiger partial charge is 0.381 e. The molecule has 0 bridgehead atoms. The van der Waals surface area contributed by atoms with Gasteiger partial charge in [0.05, 0.1) is 13.2 Å². The second-order valence-electron chi connectivity index (χ2n) is 8.13. The maximum Gasteiger partial charge on any atom is 0.191 e. The molecule has 0 aliphatic carbocycles. The minimum atomic E-state index is 0.614. The standard InChI is InChI=1S/C26H37N3O3/c1-27-26(28-14-5-15-31-19-25-12-16-30-17-13-25)29-18-22-8-10-24(11-9-22)21-32-20-23-6-3-2-4-7-23/h2-4,6-11,25H,5,12-21H2,1H3,(H2,27,28,29). The Bertz CT molecular complexity index is 775. The van der Waals surface area contributed by atoms with E-state index in [9.17, 15) is 0 Å². The zero-order chi connectivity index (χ0) is 22.3. The molecule has 32 heavy (non-hydrogen) atoms. The zero-order valence-corrected chi connectivity index (χ0v) is 19.2. The van der Waals surface area contributed by atoms with Gasteiger partial charge in [-0.3, -0.25) is 4.99 Å². The fourth-order valence-electron chi connectivity index (χ4n) is 3.56. The van der Waals surface area contributed by atoms with E-state index in [-0.39, 0.29) is 0 Å². The molecule has 0 atom stereocenters. The summed E-state index contributed by atoms with van der Waals surface area (Å²) in [4.78, 5) is 4.30. The van der Waals surface area contributed by atoms with Crippen LogP contribution in [0.5, 0.6) is 0 Å². The van der Waals surface area contributed by atoms with Gasteiger partial charge in [-0.25, -0.2) is 0 Å². The molecule has 0 unspecified atom stereocenters. The maximum absolute atomic E-state index is 5.82. The van der Waals surface area contributed by atoms with Crippen molar-refractivity contribution in [3.63, 3.8) is 0 Å². The molecular weight excluding hydrogens is 402 g/mol. The molecular formula is C26H37N3O3.